The fourth-order valence-corrected chi connectivity index (χ4v) is 3.47. The Morgan fingerprint density at radius 2 is 1.67 bits per heavy atom. The van der Waals surface area contributed by atoms with Crippen LogP contribution >= 0.6 is 0 Å². The highest BCUT2D eigenvalue weighted by Crippen LogP contribution is 2.20. The van der Waals surface area contributed by atoms with Crippen molar-refractivity contribution in [3.05, 3.63) is 106 Å². The highest BCUT2D eigenvalue weighted by molar-refractivity contribution is 5.94. The van der Waals surface area contributed by atoms with Crippen LogP contribution in [0, 0.1) is 6.92 Å². The maximum atomic E-state index is 12.7. The first-order valence-corrected chi connectivity index (χ1v) is 9.74. The van der Waals surface area contributed by atoms with Gasteiger partial charge in [-0.15, -0.1) is 0 Å². The summed E-state index contributed by atoms with van der Waals surface area (Å²) in [6, 6.07) is 22.3. The number of hydrogen-bond acceptors (Lipinski definition) is 3. The Kier molecular flexibility index (Phi) is 5.30. The van der Waals surface area contributed by atoms with Crippen molar-refractivity contribution in [3.63, 3.8) is 0 Å². The lowest BCUT2D eigenvalue weighted by Crippen LogP contribution is -2.31. The monoisotopic (exact) mass is 398 g/mol. The van der Waals surface area contributed by atoms with Gasteiger partial charge in [-0.2, -0.15) is 5.10 Å². The van der Waals surface area contributed by atoms with E-state index in [4.69, 9.17) is 0 Å². The molecular formula is C24H22N4O2. The Balaban J connectivity index is 1.53. The molecule has 0 saturated carbocycles. The zero-order valence-corrected chi connectivity index (χ0v) is 16.8. The molecule has 0 aliphatic heterocycles. The molecule has 150 valence electrons. The summed E-state index contributed by atoms with van der Waals surface area (Å²) in [6.45, 7) is 3.84. The van der Waals surface area contributed by atoms with E-state index in [2.05, 4.69) is 15.4 Å². The van der Waals surface area contributed by atoms with E-state index in [0.717, 1.165) is 22.5 Å². The molecule has 4 rings (SSSR count). The van der Waals surface area contributed by atoms with Gasteiger partial charge in [0.1, 0.15) is 5.56 Å². The molecule has 1 unspecified atom stereocenters. The molecule has 0 aliphatic carbocycles. The van der Waals surface area contributed by atoms with Gasteiger partial charge < -0.3 is 10.3 Å². The summed E-state index contributed by atoms with van der Waals surface area (Å²) in [7, 11) is 0. The quantitative estimate of drug-likeness (QED) is 0.533. The molecule has 0 radical (unpaired) electrons. The summed E-state index contributed by atoms with van der Waals surface area (Å²) in [5.41, 5.74) is 4.00. The van der Waals surface area contributed by atoms with Gasteiger partial charge in [0.15, 0.2) is 0 Å². The Bertz CT molecular complexity index is 1230. The minimum atomic E-state index is -0.421. The third-order valence-electron chi connectivity index (χ3n) is 5.10. The smallest absolute Gasteiger partial charge is 0.261 e. The minimum Gasteiger partial charge on any atom is -0.345 e. The van der Waals surface area contributed by atoms with Gasteiger partial charge >= 0.3 is 0 Å². The molecule has 4 aromatic rings. The SMILES string of the molecule is Cc1c(C(C)NC(=O)c2ccc(-c3ccccc3)[nH]c2=O)cnn1-c1ccccc1. The third kappa shape index (κ3) is 3.80. The summed E-state index contributed by atoms with van der Waals surface area (Å²) in [4.78, 5) is 28.0. The predicted octanol–water partition coefficient (Wildman–Crippen LogP) is 4.03. The number of benzene rings is 2. The lowest BCUT2D eigenvalue weighted by atomic mass is 10.1. The van der Waals surface area contributed by atoms with Crippen LogP contribution in [0.2, 0.25) is 0 Å². The number of carbonyl (C=O) groups is 1. The van der Waals surface area contributed by atoms with Crippen LogP contribution in [-0.4, -0.2) is 20.7 Å². The number of amides is 1. The van der Waals surface area contributed by atoms with E-state index in [-0.39, 0.29) is 11.6 Å². The molecule has 6 nitrogen and oxygen atoms in total. The van der Waals surface area contributed by atoms with Crippen molar-refractivity contribution in [2.24, 2.45) is 0 Å². The number of para-hydroxylation sites is 1. The van der Waals surface area contributed by atoms with Crippen molar-refractivity contribution in [2.75, 3.05) is 0 Å². The molecule has 0 bridgehead atoms. The van der Waals surface area contributed by atoms with E-state index in [1.807, 2.05) is 79.2 Å². The summed E-state index contributed by atoms with van der Waals surface area (Å²) in [5, 5.41) is 7.35. The van der Waals surface area contributed by atoms with E-state index in [9.17, 15) is 9.59 Å². The van der Waals surface area contributed by atoms with Crippen LogP contribution < -0.4 is 10.9 Å². The van der Waals surface area contributed by atoms with Crippen LogP contribution in [0.5, 0.6) is 0 Å². The van der Waals surface area contributed by atoms with E-state index in [1.54, 1.807) is 18.3 Å². The van der Waals surface area contributed by atoms with Crippen molar-refractivity contribution >= 4 is 5.91 Å². The van der Waals surface area contributed by atoms with E-state index >= 15 is 0 Å². The molecule has 30 heavy (non-hydrogen) atoms. The van der Waals surface area contributed by atoms with Gasteiger partial charge in [-0.25, -0.2) is 4.68 Å². The molecule has 1 amide bonds. The van der Waals surface area contributed by atoms with Gasteiger partial charge in [-0.1, -0.05) is 48.5 Å². The molecule has 2 heterocycles. The average molecular weight is 398 g/mol. The summed E-state index contributed by atoms with van der Waals surface area (Å²) in [5.74, 6) is -0.421. The second kappa shape index (κ2) is 8.21. The van der Waals surface area contributed by atoms with Gasteiger partial charge in [0.05, 0.1) is 17.9 Å². The molecule has 0 aliphatic rings. The van der Waals surface area contributed by atoms with Crippen molar-refractivity contribution in [3.8, 4) is 16.9 Å². The van der Waals surface area contributed by atoms with Gasteiger partial charge in [0.2, 0.25) is 0 Å². The molecule has 2 aromatic heterocycles. The van der Waals surface area contributed by atoms with E-state index < -0.39 is 11.5 Å². The summed E-state index contributed by atoms with van der Waals surface area (Å²) >= 11 is 0. The number of carbonyl (C=O) groups excluding carboxylic acids is 1. The maximum absolute atomic E-state index is 12.7. The van der Waals surface area contributed by atoms with Gasteiger partial charge in [0, 0.05) is 17.0 Å². The lowest BCUT2D eigenvalue weighted by Gasteiger charge is -2.14. The Morgan fingerprint density at radius 3 is 2.33 bits per heavy atom. The molecule has 2 N–H and O–H groups in total. The van der Waals surface area contributed by atoms with Crippen LogP contribution in [0.25, 0.3) is 16.9 Å². The molecule has 0 saturated heterocycles. The van der Waals surface area contributed by atoms with Crippen molar-refractivity contribution in [1.82, 2.24) is 20.1 Å². The number of H-pyrrole nitrogens is 1. The largest absolute Gasteiger partial charge is 0.345 e. The van der Waals surface area contributed by atoms with Crippen molar-refractivity contribution in [1.29, 1.82) is 0 Å². The van der Waals surface area contributed by atoms with Crippen LogP contribution in [0.15, 0.2) is 83.8 Å². The standard InChI is InChI=1S/C24H22N4O2/c1-16(21-15-25-28(17(21)2)19-11-7-4-8-12-19)26-23(29)20-13-14-22(27-24(20)30)18-9-5-3-6-10-18/h3-16H,1-2H3,(H,26,29)(H,27,30). The molecule has 6 heteroatoms. The van der Waals surface area contributed by atoms with Crippen LogP contribution in [0.3, 0.4) is 0 Å². The van der Waals surface area contributed by atoms with Crippen molar-refractivity contribution in [2.45, 2.75) is 19.9 Å². The summed E-state index contributed by atoms with van der Waals surface area (Å²) in [6.07, 6.45) is 1.75. The van der Waals surface area contributed by atoms with E-state index in [0.29, 0.717) is 5.69 Å². The number of rotatable bonds is 5. The molecule has 0 fully saturated rings. The first-order chi connectivity index (χ1) is 14.5. The number of pyridine rings is 1. The molecule has 1 atom stereocenters. The molecule has 0 spiro atoms. The van der Waals surface area contributed by atoms with Crippen LogP contribution in [0.4, 0.5) is 0 Å². The van der Waals surface area contributed by atoms with Gasteiger partial charge in [0.25, 0.3) is 11.5 Å². The topological polar surface area (TPSA) is 79.8 Å². The first kappa shape index (κ1) is 19.4. The number of nitrogens with one attached hydrogen (secondary N) is 2. The highest BCUT2D eigenvalue weighted by Gasteiger charge is 2.19. The number of nitrogens with zero attached hydrogens (tertiary/aromatic N) is 2. The first-order valence-electron chi connectivity index (χ1n) is 9.74. The van der Waals surface area contributed by atoms with Crippen molar-refractivity contribution < 1.29 is 4.79 Å². The second-order valence-corrected chi connectivity index (χ2v) is 7.11. The number of hydrogen-bond donors (Lipinski definition) is 2. The summed E-state index contributed by atoms with van der Waals surface area (Å²) < 4.78 is 1.83. The molecule has 2 aromatic carbocycles. The second-order valence-electron chi connectivity index (χ2n) is 7.11. The predicted molar refractivity (Wildman–Crippen MR) is 117 cm³/mol. The zero-order chi connectivity index (χ0) is 21.1. The Labute approximate surface area is 174 Å². The number of aromatic nitrogens is 3. The normalized spacial score (nSPS) is 11.8. The van der Waals surface area contributed by atoms with Crippen LogP contribution in [-0.2, 0) is 0 Å². The Hall–Kier alpha value is -3.93. The average Bonchev–Trinajstić information content (AvgIpc) is 3.16. The minimum absolute atomic E-state index is 0.0784. The van der Waals surface area contributed by atoms with Gasteiger partial charge in [-0.05, 0) is 43.7 Å². The highest BCUT2D eigenvalue weighted by atomic mass is 16.2. The van der Waals surface area contributed by atoms with Gasteiger partial charge in [-0.3, -0.25) is 9.59 Å². The fraction of sp³-hybridized carbons (Fsp3) is 0.125. The third-order valence-corrected chi connectivity index (χ3v) is 5.10. The number of aromatic amines is 1. The lowest BCUT2D eigenvalue weighted by molar-refractivity contribution is 0.0938. The maximum Gasteiger partial charge on any atom is 0.261 e. The van der Waals surface area contributed by atoms with Crippen LogP contribution in [0.1, 0.15) is 34.6 Å². The fourth-order valence-electron chi connectivity index (χ4n) is 3.47. The zero-order valence-electron chi connectivity index (χ0n) is 16.8. The molecular weight excluding hydrogens is 376 g/mol. The Morgan fingerprint density at radius 1 is 1.00 bits per heavy atom. The van der Waals surface area contributed by atoms with E-state index in [1.165, 1.54) is 0 Å².